The number of rotatable bonds is 4. The summed E-state index contributed by atoms with van der Waals surface area (Å²) in [6.07, 6.45) is 5.27. The van der Waals surface area contributed by atoms with Gasteiger partial charge in [-0.2, -0.15) is 15.8 Å². The fourth-order valence-corrected chi connectivity index (χ4v) is 6.90. The monoisotopic (exact) mass is 638 g/mol. The van der Waals surface area contributed by atoms with Gasteiger partial charge in [-0.15, -0.1) is 0 Å². The van der Waals surface area contributed by atoms with Crippen molar-refractivity contribution in [2.45, 2.75) is 0 Å². The van der Waals surface area contributed by atoms with Gasteiger partial charge in [-0.25, -0.2) is 4.98 Å². The summed E-state index contributed by atoms with van der Waals surface area (Å²) in [5.41, 5.74) is 9.24. The maximum absolute atomic E-state index is 10.6. The molecule has 0 aliphatic carbocycles. The second-order valence-corrected chi connectivity index (χ2v) is 11.9. The van der Waals surface area contributed by atoms with Gasteiger partial charge in [-0.05, 0) is 84.9 Å². The van der Waals surface area contributed by atoms with E-state index in [0.717, 1.165) is 66.1 Å². The molecule has 50 heavy (non-hydrogen) atoms. The molecule has 0 amide bonds. The Labute approximate surface area is 285 Å². The molecule has 9 aromatic rings. The average Bonchev–Trinajstić information content (AvgIpc) is 3.69. The van der Waals surface area contributed by atoms with Gasteiger partial charge < -0.3 is 4.57 Å². The fourth-order valence-electron chi connectivity index (χ4n) is 6.90. The van der Waals surface area contributed by atoms with Gasteiger partial charge in [0.25, 0.3) is 0 Å². The van der Waals surface area contributed by atoms with Crippen molar-refractivity contribution in [2.24, 2.45) is 0 Å². The van der Waals surface area contributed by atoms with E-state index in [4.69, 9.17) is 4.98 Å². The minimum absolute atomic E-state index is 0.431. The second-order valence-electron chi connectivity index (χ2n) is 11.9. The number of nitrogens with zero attached hydrogens (tertiary/aromatic N) is 8. The van der Waals surface area contributed by atoms with Crippen molar-refractivity contribution in [3.05, 3.63) is 151 Å². The molecule has 0 N–H and O–H groups in total. The molecule has 230 valence electrons. The number of pyridine rings is 3. The molecule has 0 aliphatic rings. The molecule has 0 saturated heterocycles. The lowest BCUT2D eigenvalue weighted by Gasteiger charge is -2.13. The van der Waals surface area contributed by atoms with Gasteiger partial charge in [0.05, 0.1) is 74.2 Å². The highest BCUT2D eigenvalue weighted by Crippen LogP contribution is 2.38. The van der Waals surface area contributed by atoms with Crippen LogP contribution in [0.5, 0.6) is 0 Å². The van der Waals surface area contributed by atoms with E-state index < -0.39 is 0 Å². The van der Waals surface area contributed by atoms with E-state index in [0.29, 0.717) is 28.2 Å². The van der Waals surface area contributed by atoms with Crippen LogP contribution in [-0.4, -0.2) is 24.1 Å². The van der Waals surface area contributed by atoms with Crippen molar-refractivity contribution in [2.75, 3.05) is 0 Å². The molecule has 0 aliphatic heterocycles. The maximum atomic E-state index is 10.6. The summed E-state index contributed by atoms with van der Waals surface area (Å²) in [6, 6.07) is 43.9. The largest absolute Gasteiger partial charge is 0.306 e. The molecule has 9 rings (SSSR count). The number of benzene rings is 4. The molecule has 8 heteroatoms. The molecule has 0 spiro atoms. The second kappa shape index (κ2) is 11.3. The minimum atomic E-state index is 0.431. The average molecular weight is 639 g/mol. The van der Waals surface area contributed by atoms with Gasteiger partial charge in [0.1, 0.15) is 11.9 Å². The molecule has 0 bridgehead atoms. The topological polar surface area (TPSA) is 120 Å². The quantitative estimate of drug-likeness (QED) is 0.190. The predicted octanol–water partition coefficient (Wildman–Crippen LogP) is 9.01. The zero-order valence-electron chi connectivity index (χ0n) is 26.3. The minimum Gasteiger partial charge on any atom is -0.306 e. The molecular weight excluding hydrogens is 617 g/mol. The summed E-state index contributed by atoms with van der Waals surface area (Å²) in [5, 5.41) is 33.8. The highest BCUT2D eigenvalue weighted by Gasteiger charge is 2.20. The predicted molar refractivity (Wildman–Crippen MR) is 194 cm³/mol. The maximum Gasteiger partial charge on any atom is 0.139 e. The summed E-state index contributed by atoms with van der Waals surface area (Å²) < 4.78 is 4.07. The molecule has 5 aromatic heterocycles. The van der Waals surface area contributed by atoms with Crippen LogP contribution in [0.25, 0.3) is 77.6 Å². The number of hydrogen-bond donors (Lipinski definition) is 0. The number of fused-ring (bicyclic) bond motifs is 6. The van der Waals surface area contributed by atoms with Gasteiger partial charge in [0, 0.05) is 51.1 Å². The molecule has 0 unspecified atom stereocenters. The van der Waals surface area contributed by atoms with Crippen molar-refractivity contribution >= 4 is 43.6 Å². The van der Waals surface area contributed by atoms with Crippen LogP contribution in [0, 0.1) is 34.0 Å². The van der Waals surface area contributed by atoms with Crippen LogP contribution in [-0.2, 0) is 0 Å². The van der Waals surface area contributed by atoms with Crippen molar-refractivity contribution in [3.8, 4) is 52.2 Å². The first kappa shape index (κ1) is 28.6. The van der Waals surface area contributed by atoms with Crippen LogP contribution in [0.2, 0.25) is 0 Å². The number of nitriles is 3. The standard InChI is InChI=1S/C42H22N8/c43-22-26-7-11-37-31(17-26)33-19-28(35-5-1-3-15-46-35)9-13-38(33)49(37)41-25-48-42(21-30(41)24-45)50-39-12-8-27(23-44)18-32(39)34-20-29(10-14-40(34)50)36-6-2-4-16-47-36/h1-21,25H. The zero-order valence-corrected chi connectivity index (χ0v) is 26.3. The van der Waals surface area contributed by atoms with Crippen LogP contribution < -0.4 is 0 Å². The van der Waals surface area contributed by atoms with Crippen LogP contribution in [0.3, 0.4) is 0 Å². The Balaban J connectivity index is 1.27. The van der Waals surface area contributed by atoms with E-state index in [1.807, 2.05) is 100 Å². The molecular formula is C42H22N8. The Morgan fingerprint density at radius 2 is 0.960 bits per heavy atom. The summed E-state index contributed by atoms with van der Waals surface area (Å²) in [4.78, 5) is 14.0. The summed E-state index contributed by atoms with van der Waals surface area (Å²) in [5.74, 6) is 0.575. The Morgan fingerprint density at radius 1 is 0.460 bits per heavy atom. The van der Waals surface area contributed by atoms with Crippen LogP contribution >= 0.6 is 0 Å². The fraction of sp³-hybridized carbons (Fsp3) is 0. The van der Waals surface area contributed by atoms with Gasteiger partial charge in [-0.1, -0.05) is 24.3 Å². The van der Waals surface area contributed by atoms with Gasteiger partial charge in [-0.3, -0.25) is 14.5 Å². The smallest absolute Gasteiger partial charge is 0.139 e. The van der Waals surface area contributed by atoms with E-state index in [1.165, 1.54) is 0 Å². The first-order valence-electron chi connectivity index (χ1n) is 15.9. The zero-order chi connectivity index (χ0) is 33.8. The van der Waals surface area contributed by atoms with Gasteiger partial charge in [0.15, 0.2) is 0 Å². The molecule has 4 aromatic carbocycles. The molecule has 0 saturated carbocycles. The Hall–Kier alpha value is -7.60. The van der Waals surface area contributed by atoms with Crippen LogP contribution in [0.15, 0.2) is 134 Å². The molecule has 0 atom stereocenters. The van der Waals surface area contributed by atoms with E-state index >= 15 is 0 Å². The molecule has 0 fully saturated rings. The van der Waals surface area contributed by atoms with Crippen molar-refractivity contribution in [3.63, 3.8) is 0 Å². The van der Waals surface area contributed by atoms with Crippen molar-refractivity contribution in [1.82, 2.24) is 24.1 Å². The molecule has 0 radical (unpaired) electrons. The van der Waals surface area contributed by atoms with E-state index in [2.05, 4.69) is 40.3 Å². The van der Waals surface area contributed by atoms with Crippen molar-refractivity contribution in [1.29, 1.82) is 15.8 Å². The van der Waals surface area contributed by atoms with E-state index in [9.17, 15) is 15.8 Å². The SMILES string of the molecule is N#Cc1ccc2c(c1)c1cc(-c3ccccn3)ccc1n2-c1cc(C#N)c(-n2c3ccc(C#N)cc3c3cc(-c4ccccn4)ccc32)cn1. The lowest BCUT2D eigenvalue weighted by Crippen LogP contribution is -2.03. The highest BCUT2D eigenvalue weighted by molar-refractivity contribution is 6.12. The normalized spacial score (nSPS) is 11.1. The lowest BCUT2D eigenvalue weighted by atomic mass is 10.1. The van der Waals surface area contributed by atoms with E-state index in [1.54, 1.807) is 30.7 Å². The number of aromatic nitrogens is 5. The first-order chi connectivity index (χ1) is 24.6. The Bertz CT molecular complexity index is 2950. The first-order valence-corrected chi connectivity index (χ1v) is 15.9. The number of hydrogen-bond acceptors (Lipinski definition) is 6. The Morgan fingerprint density at radius 3 is 1.44 bits per heavy atom. The third kappa shape index (κ3) is 4.40. The van der Waals surface area contributed by atoms with Crippen LogP contribution in [0.1, 0.15) is 16.7 Å². The lowest BCUT2D eigenvalue weighted by molar-refractivity contribution is 1.05. The van der Waals surface area contributed by atoms with Crippen molar-refractivity contribution < 1.29 is 0 Å². The molecule has 8 nitrogen and oxygen atoms in total. The summed E-state index contributed by atoms with van der Waals surface area (Å²) >= 11 is 0. The molecule has 5 heterocycles. The summed E-state index contributed by atoms with van der Waals surface area (Å²) in [7, 11) is 0. The van der Waals surface area contributed by atoms with Gasteiger partial charge >= 0.3 is 0 Å². The van der Waals surface area contributed by atoms with E-state index in [-0.39, 0.29) is 0 Å². The van der Waals surface area contributed by atoms with Gasteiger partial charge in [0.2, 0.25) is 0 Å². The van der Waals surface area contributed by atoms with Crippen LogP contribution in [0.4, 0.5) is 0 Å². The highest BCUT2D eigenvalue weighted by atomic mass is 15.1. The Kier molecular flexibility index (Phi) is 6.45. The third-order valence-electron chi connectivity index (χ3n) is 9.17. The summed E-state index contributed by atoms with van der Waals surface area (Å²) in [6.45, 7) is 0. The third-order valence-corrected chi connectivity index (χ3v) is 9.17.